The van der Waals surface area contributed by atoms with Crippen LogP contribution in [-0.2, 0) is 9.59 Å². The zero-order valence-corrected chi connectivity index (χ0v) is 16.8. The first kappa shape index (κ1) is 20.1. The molecule has 4 amide bonds. The zero-order chi connectivity index (χ0) is 21.3. The van der Waals surface area contributed by atoms with Gasteiger partial charge in [-0.25, -0.2) is 9.18 Å². The number of hydrogen-bond acceptors (Lipinski definition) is 3. The van der Waals surface area contributed by atoms with Crippen molar-refractivity contribution in [2.75, 3.05) is 11.9 Å². The van der Waals surface area contributed by atoms with Crippen LogP contribution in [-0.4, -0.2) is 34.8 Å². The van der Waals surface area contributed by atoms with Crippen molar-refractivity contribution in [1.82, 2.24) is 10.2 Å². The number of urea groups is 1. The smallest absolute Gasteiger partial charge is 0.325 e. The SMILES string of the molecule is CC1CCCCC12NC(=O)N(CC(=O)Nc1cccc(-c3cccc(F)c3)c1)C2=O. The highest BCUT2D eigenvalue weighted by Gasteiger charge is 2.55. The van der Waals surface area contributed by atoms with E-state index in [2.05, 4.69) is 10.6 Å². The molecule has 1 aliphatic heterocycles. The third-order valence-electron chi connectivity index (χ3n) is 6.11. The largest absolute Gasteiger partial charge is 0.325 e. The van der Waals surface area contributed by atoms with E-state index in [4.69, 9.17) is 0 Å². The summed E-state index contributed by atoms with van der Waals surface area (Å²) in [5, 5.41) is 5.58. The second-order valence-corrected chi connectivity index (χ2v) is 8.08. The maximum atomic E-state index is 13.5. The molecule has 2 unspecified atom stereocenters. The molecule has 2 fully saturated rings. The first-order chi connectivity index (χ1) is 14.4. The average molecular weight is 409 g/mol. The summed E-state index contributed by atoms with van der Waals surface area (Å²) < 4.78 is 13.5. The van der Waals surface area contributed by atoms with Crippen molar-refractivity contribution in [2.24, 2.45) is 5.92 Å². The summed E-state index contributed by atoms with van der Waals surface area (Å²) in [5.74, 6) is -1.08. The number of benzene rings is 2. The van der Waals surface area contributed by atoms with Crippen LogP contribution in [0.15, 0.2) is 48.5 Å². The van der Waals surface area contributed by atoms with E-state index in [9.17, 15) is 18.8 Å². The maximum Gasteiger partial charge on any atom is 0.325 e. The van der Waals surface area contributed by atoms with Gasteiger partial charge in [0.2, 0.25) is 5.91 Å². The second-order valence-electron chi connectivity index (χ2n) is 8.08. The fourth-order valence-corrected chi connectivity index (χ4v) is 4.43. The van der Waals surface area contributed by atoms with Crippen LogP contribution in [0.25, 0.3) is 11.1 Å². The van der Waals surface area contributed by atoms with Crippen LogP contribution in [0.2, 0.25) is 0 Å². The Kier molecular flexibility index (Phi) is 5.28. The van der Waals surface area contributed by atoms with Crippen LogP contribution < -0.4 is 10.6 Å². The van der Waals surface area contributed by atoms with Crippen LogP contribution in [0.4, 0.5) is 14.9 Å². The van der Waals surface area contributed by atoms with Gasteiger partial charge < -0.3 is 10.6 Å². The zero-order valence-electron chi connectivity index (χ0n) is 16.8. The number of amides is 4. The number of halogens is 1. The Bertz CT molecular complexity index is 1010. The quantitative estimate of drug-likeness (QED) is 0.751. The van der Waals surface area contributed by atoms with Gasteiger partial charge in [0, 0.05) is 5.69 Å². The van der Waals surface area contributed by atoms with Crippen LogP contribution in [0.3, 0.4) is 0 Å². The van der Waals surface area contributed by atoms with E-state index >= 15 is 0 Å². The Labute approximate surface area is 174 Å². The van der Waals surface area contributed by atoms with Crippen molar-refractivity contribution in [2.45, 2.75) is 38.1 Å². The monoisotopic (exact) mass is 409 g/mol. The minimum atomic E-state index is -0.882. The van der Waals surface area contributed by atoms with Crippen LogP contribution in [0.5, 0.6) is 0 Å². The lowest BCUT2D eigenvalue weighted by Gasteiger charge is -2.36. The van der Waals surface area contributed by atoms with Crippen molar-refractivity contribution in [3.63, 3.8) is 0 Å². The number of nitrogens with zero attached hydrogens (tertiary/aromatic N) is 1. The van der Waals surface area contributed by atoms with Crippen molar-refractivity contribution in [1.29, 1.82) is 0 Å². The molecule has 0 aromatic heterocycles. The molecule has 6 nitrogen and oxygen atoms in total. The Morgan fingerprint density at radius 2 is 1.90 bits per heavy atom. The molecule has 1 aliphatic carbocycles. The number of hydrogen-bond donors (Lipinski definition) is 2. The summed E-state index contributed by atoms with van der Waals surface area (Å²) in [6.07, 6.45) is 3.39. The summed E-state index contributed by atoms with van der Waals surface area (Å²) in [6.45, 7) is 1.63. The van der Waals surface area contributed by atoms with E-state index in [0.717, 1.165) is 29.7 Å². The van der Waals surface area contributed by atoms with E-state index in [1.807, 2.05) is 13.0 Å². The molecular weight excluding hydrogens is 385 g/mol. The molecule has 156 valence electrons. The highest BCUT2D eigenvalue weighted by atomic mass is 19.1. The van der Waals surface area contributed by atoms with Crippen LogP contribution in [0, 0.1) is 11.7 Å². The van der Waals surface area contributed by atoms with E-state index in [0.29, 0.717) is 17.7 Å². The molecule has 2 aromatic rings. The van der Waals surface area contributed by atoms with Gasteiger partial charge in [0.15, 0.2) is 0 Å². The molecular formula is C23H24FN3O3. The van der Waals surface area contributed by atoms with E-state index in [1.54, 1.807) is 30.3 Å². The molecule has 2 aliphatic rings. The van der Waals surface area contributed by atoms with Crippen LogP contribution >= 0.6 is 0 Å². The minimum Gasteiger partial charge on any atom is -0.325 e. The van der Waals surface area contributed by atoms with Gasteiger partial charge in [-0.1, -0.05) is 44.0 Å². The molecule has 30 heavy (non-hydrogen) atoms. The van der Waals surface area contributed by atoms with Gasteiger partial charge in [-0.05, 0) is 54.2 Å². The third-order valence-corrected chi connectivity index (χ3v) is 6.11. The summed E-state index contributed by atoms with van der Waals surface area (Å²) >= 11 is 0. The number of nitrogens with one attached hydrogen (secondary N) is 2. The molecule has 1 spiro atoms. The molecule has 2 atom stereocenters. The first-order valence-corrected chi connectivity index (χ1v) is 10.2. The molecule has 0 radical (unpaired) electrons. The molecule has 1 heterocycles. The predicted octanol–water partition coefficient (Wildman–Crippen LogP) is 3.93. The highest BCUT2D eigenvalue weighted by molar-refractivity contribution is 6.10. The summed E-state index contributed by atoms with van der Waals surface area (Å²) in [4.78, 5) is 39.0. The van der Waals surface area contributed by atoms with E-state index < -0.39 is 17.5 Å². The Morgan fingerprint density at radius 3 is 2.63 bits per heavy atom. The molecule has 2 aromatic carbocycles. The van der Waals surface area contributed by atoms with Crippen LogP contribution in [0.1, 0.15) is 32.6 Å². The number of carbonyl (C=O) groups is 3. The van der Waals surface area contributed by atoms with Gasteiger partial charge in [-0.3, -0.25) is 14.5 Å². The third kappa shape index (κ3) is 3.67. The molecule has 4 rings (SSSR count). The van der Waals surface area contributed by atoms with Gasteiger partial charge >= 0.3 is 6.03 Å². The molecule has 2 N–H and O–H groups in total. The fourth-order valence-electron chi connectivity index (χ4n) is 4.43. The maximum absolute atomic E-state index is 13.5. The Hall–Kier alpha value is -3.22. The fraction of sp³-hybridized carbons (Fsp3) is 0.348. The normalized spacial score (nSPS) is 23.5. The number of rotatable bonds is 4. The van der Waals surface area contributed by atoms with Gasteiger partial charge in [-0.2, -0.15) is 0 Å². The topological polar surface area (TPSA) is 78.5 Å². The summed E-state index contributed by atoms with van der Waals surface area (Å²) in [5.41, 5.74) is 1.06. The molecule has 1 saturated carbocycles. The van der Waals surface area contributed by atoms with Gasteiger partial charge in [0.25, 0.3) is 5.91 Å². The number of anilines is 1. The average Bonchev–Trinajstić information content (AvgIpc) is 2.95. The predicted molar refractivity (Wildman–Crippen MR) is 111 cm³/mol. The summed E-state index contributed by atoms with van der Waals surface area (Å²) in [7, 11) is 0. The van der Waals surface area contributed by atoms with E-state index in [-0.39, 0.29) is 24.2 Å². The van der Waals surface area contributed by atoms with E-state index in [1.165, 1.54) is 12.1 Å². The number of imide groups is 1. The Morgan fingerprint density at radius 1 is 1.17 bits per heavy atom. The lowest BCUT2D eigenvalue weighted by Crippen LogP contribution is -2.54. The van der Waals surface area contributed by atoms with Crippen molar-refractivity contribution in [3.8, 4) is 11.1 Å². The standard InChI is InChI=1S/C23H24FN3O3/c1-15-6-2-3-11-23(15)21(29)27(22(30)26-23)14-20(28)25-19-10-5-8-17(13-19)16-7-4-9-18(24)12-16/h4-5,7-10,12-13,15H,2-3,6,11,14H2,1H3,(H,25,28)(H,26,30). The van der Waals surface area contributed by atoms with Crippen molar-refractivity contribution < 1.29 is 18.8 Å². The van der Waals surface area contributed by atoms with Crippen molar-refractivity contribution >= 4 is 23.5 Å². The summed E-state index contributed by atoms with van der Waals surface area (Å²) in [6, 6.07) is 12.7. The highest BCUT2D eigenvalue weighted by Crippen LogP contribution is 2.38. The van der Waals surface area contributed by atoms with Gasteiger partial charge in [0.1, 0.15) is 17.9 Å². The lowest BCUT2D eigenvalue weighted by molar-refractivity contribution is -0.136. The minimum absolute atomic E-state index is 0.0405. The second kappa shape index (κ2) is 7.89. The van der Waals surface area contributed by atoms with Gasteiger partial charge in [-0.15, -0.1) is 0 Å². The Balaban J connectivity index is 1.46. The number of carbonyl (C=O) groups excluding carboxylic acids is 3. The lowest BCUT2D eigenvalue weighted by atomic mass is 9.73. The van der Waals surface area contributed by atoms with Gasteiger partial charge in [0.05, 0.1) is 0 Å². The molecule has 0 bridgehead atoms. The molecule has 7 heteroatoms. The van der Waals surface area contributed by atoms with Crippen molar-refractivity contribution in [3.05, 3.63) is 54.3 Å². The molecule has 1 saturated heterocycles. The first-order valence-electron chi connectivity index (χ1n) is 10.2.